The molecular formula is C14H18N2S. The van der Waals surface area contributed by atoms with E-state index in [-0.39, 0.29) is 6.04 Å². The summed E-state index contributed by atoms with van der Waals surface area (Å²) < 4.78 is 0. The Kier molecular flexibility index (Phi) is 3.60. The average Bonchev–Trinajstić information content (AvgIpc) is 2.77. The number of aromatic nitrogens is 1. The van der Waals surface area contributed by atoms with E-state index in [4.69, 9.17) is 5.73 Å². The first kappa shape index (κ1) is 12.3. The highest BCUT2D eigenvalue weighted by Gasteiger charge is 2.11. The number of hydrogen-bond donors (Lipinski definition) is 1. The molecule has 0 bridgehead atoms. The van der Waals surface area contributed by atoms with Gasteiger partial charge in [-0.15, -0.1) is 11.3 Å². The molecule has 1 heterocycles. The van der Waals surface area contributed by atoms with Crippen LogP contribution >= 0.6 is 11.3 Å². The predicted octanol–water partition coefficient (Wildman–Crippen LogP) is 3.84. The molecule has 0 aliphatic carbocycles. The van der Waals surface area contributed by atoms with Crippen molar-refractivity contribution in [3.05, 3.63) is 39.7 Å². The molecule has 2 rings (SSSR count). The Labute approximate surface area is 107 Å². The van der Waals surface area contributed by atoms with E-state index < -0.39 is 0 Å². The fourth-order valence-electron chi connectivity index (χ4n) is 1.86. The molecule has 0 saturated carbocycles. The number of thiazole rings is 1. The highest BCUT2D eigenvalue weighted by atomic mass is 32.1. The SMILES string of the molecule is CCC(N)c1nc(-c2ccc(C)cc2C)cs1. The van der Waals surface area contributed by atoms with Crippen molar-refractivity contribution >= 4 is 11.3 Å². The Morgan fingerprint density at radius 2 is 2.12 bits per heavy atom. The zero-order valence-corrected chi connectivity index (χ0v) is 11.3. The summed E-state index contributed by atoms with van der Waals surface area (Å²) >= 11 is 1.65. The van der Waals surface area contributed by atoms with Crippen molar-refractivity contribution in [2.24, 2.45) is 5.73 Å². The maximum absolute atomic E-state index is 6.00. The Hall–Kier alpha value is -1.19. The van der Waals surface area contributed by atoms with Crippen LogP contribution in [0.25, 0.3) is 11.3 Å². The number of rotatable bonds is 3. The molecule has 0 aliphatic rings. The molecule has 2 nitrogen and oxygen atoms in total. The third kappa shape index (κ3) is 2.56. The number of hydrogen-bond acceptors (Lipinski definition) is 3. The van der Waals surface area contributed by atoms with Crippen molar-refractivity contribution in [1.29, 1.82) is 0 Å². The summed E-state index contributed by atoms with van der Waals surface area (Å²) in [6.45, 7) is 6.32. The van der Waals surface area contributed by atoms with E-state index in [1.807, 2.05) is 0 Å². The molecule has 0 fully saturated rings. The lowest BCUT2D eigenvalue weighted by atomic mass is 10.0. The van der Waals surface area contributed by atoms with Crippen molar-refractivity contribution in [2.45, 2.75) is 33.2 Å². The van der Waals surface area contributed by atoms with E-state index in [2.05, 4.69) is 49.3 Å². The minimum absolute atomic E-state index is 0.0690. The highest BCUT2D eigenvalue weighted by molar-refractivity contribution is 7.10. The van der Waals surface area contributed by atoms with Gasteiger partial charge in [0.15, 0.2) is 0 Å². The van der Waals surface area contributed by atoms with Gasteiger partial charge in [-0.2, -0.15) is 0 Å². The Morgan fingerprint density at radius 3 is 2.76 bits per heavy atom. The van der Waals surface area contributed by atoms with E-state index in [1.165, 1.54) is 16.7 Å². The van der Waals surface area contributed by atoms with Gasteiger partial charge in [0.25, 0.3) is 0 Å². The Balaban J connectivity index is 2.37. The van der Waals surface area contributed by atoms with Crippen LogP contribution in [0.15, 0.2) is 23.6 Å². The highest BCUT2D eigenvalue weighted by Crippen LogP contribution is 2.28. The molecule has 2 aromatic rings. The summed E-state index contributed by atoms with van der Waals surface area (Å²) in [7, 11) is 0. The molecule has 0 aliphatic heterocycles. The van der Waals surface area contributed by atoms with Crippen LogP contribution in [0, 0.1) is 13.8 Å². The summed E-state index contributed by atoms with van der Waals surface area (Å²) in [6, 6.07) is 6.52. The van der Waals surface area contributed by atoms with Gasteiger partial charge in [-0.05, 0) is 25.8 Å². The fourth-order valence-corrected chi connectivity index (χ4v) is 2.76. The van der Waals surface area contributed by atoms with Gasteiger partial charge in [-0.3, -0.25) is 0 Å². The minimum Gasteiger partial charge on any atom is -0.322 e. The van der Waals surface area contributed by atoms with E-state index >= 15 is 0 Å². The molecule has 0 spiro atoms. The van der Waals surface area contributed by atoms with Crippen molar-refractivity contribution < 1.29 is 0 Å². The number of benzene rings is 1. The molecule has 1 aromatic heterocycles. The molecule has 1 aromatic carbocycles. The summed E-state index contributed by atoms with van der Waals surface area (Å²) in [5.41, 5.74) is 10.8. The van der Waals surface area contributed by atoms with E-state index in [0.717, 1.165) is 17.1 Å². The van der Waals surface area contributed by atoms with Gasteiger partial charge >= 0.3 is 0 Å². The van der Waals surface area contributed by atoms with Crippen LogP contribution in [0.5, 0.6) is 0 Å². The number of aryl methyl sites for hydroxylation is 2. The normalized spacial score (nSPS) is 12.7. The third-order valence-corrected chi connectivity index (χ3v) is 3.91. The van der Waals surface area contributed by atoms with Crippen LogP contribution in [0.2, 0.25) is 0 Å². The van der Waals surface area contributed by atoms with E-state index in [1.54, 1.807) is 11.3 Å². The van der Waals surface area contributed by atoms with Crippen LogP contribution in [-0.4, -0.2) is 4.98 Å². The lowest BCUT2D eigenvalue weighted by Gasteiger charge is -2.05. The molecule has 2 N–H and O–H groups in total. The fraction of sp³-hybridized carbons (Fsp3) is 0.357. The molecule has 1 unspecified atom stereocenters. The van der Waals surface area contributed by atoms with E-state index in [0.29, 0.717) is 0 Å². The molecule has 0 saturated heterocycles. The summed E-state index contributed by atoms with van der Waals surface area (Å²) in [6.07, 6.45) is 0.930. The first-order valence-electron chi connectivity index (χ1n) is 5.90. The van der Waals surface area contributed by atoms with Gasteiger partial charge in [0, 0.05) is 10.9 Å². The topological polar surface area (TPSA) is 38.9 Å². The molecule has 17 heavy (non-hydrogen) atoms. The lowest BCUT2D eigenvalue weighted by molar-refractivity contribution is 0.693. The largest absolute Gasteiger partial charge is 0.322 e. The Bertz CT molecular complexity index is 517. The van der Waals surface area contributed by atoms with Crippen LogP contribution in [0.3, 0.4) is 0 Å². The van der Waals surface area contributed by atoms with Gasteiger partial charge < -0.3 is 5.73 Å². The van der Waals surface area contributed by atoms with Gasteiger partial charge in [0.2, 0.25) is 0 Å². The predicted molar refractivity (Wildman–Crippen MR) is 74.2 cm³/mol. The second kappa shape index (κ2) is 4.98. The average molecular weight is 246 g/mol. The van der Waals surface area contributed by atoms with Gasteiger partial charge in [-0.1, -0.05) is 30.7 Å². The third-order valence-electron chi connectivity index (χ3n) is 2.94. The van der Waals surface area contributed by atoms with Gasteiger partial charge in [0.05, 0.1) is 11.7 Å². The van der Waals surface area contributed by atoms with Crippen LogP contribution < -0.4 is 5.73 Å². The Morgan fingerprint density at radius 1 is 1.35 bits per heavy atom. The maximum atomic E-state index is 6.00. The van der Waals surface area contributed by atoms with Crippen molar-refractivity contribution in [2.75, 3.05) is 0 Å². The van der Waals surface area contributed by atoms with Gasteiger partial charge in [0.1, 0.15) is 5.01 Å². The zero-order valence-electron chi connectivity index (χ0n) is 10.5. The molecule has 0 amide bonds. The number of nitrogens with two attached hydrogens (primary N) is 1. The molecule has 1 atom stereocenters. The zero-order chi connectivity index (χ0) is 12.4. The molecule has 0 radical (unpaired) electrons. The first-order chi connectivity index (χ1) is 8.11. The standard InChI is InChI=1S/C14H18N2S/c1-4-12(15)14-16-13(8-17-14)11-6-5-9(2)7-10(11)3/h5-8,12H,4,15H2,1-3H3. The van der Waals surface area contributed by atoms with Crippen molar-refractivity contribution in [3.63, 3.8) is 0 Å². The second-order valence-electron chi connectivity index (χ2n) is 4.40. The molecule has 3 heteroatoms. The van der Waals surface area contributed by atoms with Crippen molar-refractivity contribution in [1.82, 2.24) is 4.98 Å². The van der Waals surface area contributed by atoms with Crippen molar-refractivity contribution in [3.8, 4) is 11.3 Å². The van der Waals surface area contributed by atoms with Crippen LogP contribution in [0.1, 0.15) is 35.5 Å². The monoisotopic (exact) mass is 246 g/mol. The molecular weight excluding hydrogens is 228 g/mol. The smallest absolute Gasteiger partial charge is 0.110 e. The van der Waals surface area contributed by atoms with Gasteiger partial charge in [-0.25, -0.2) is 4.98 Å². The molecule has 90 valence electrons. The number of nitrogens with zero attached hydrogens (tertiary/aromatic N) is 1. The van der Waals surface area contributed by atoms with Crippen LogP contribution in [-0.2, 0) is 0 Å². The second-order valence-corrected chi connectivity index (χ2v) is 5.29. The first-order valence-corrected chi connectivity index (χ1v) is 6.78. The lowest BCUT2D eigenvalue weighted by Crippen LogP contribution is -2.07. The summed E-state index contributed by atoms with van der Waals surface area (Å²) in [5, 5.41) is 3.13. The maximum Gasteiger partial charge on any atom is 0.110 e. The minimum atomic E-state index is 0.0690. The summed E-state index contributed by atoms with van der Waals surface area (Å²) in [5.74, 6) is 0. The van der Waals surface area contributed by atoms with E-state index in [9.17, 15) is 0 Å². The quantitative estimate of drug-likeness (QED) is 0.893. The van der Waals surface area contributed by atoms with Crippen LogP contribution in [0.4, 0.5) is 0 Å². The summed E-state index contributed by atoms with van der Waals surface area (Å²) in [4.78, 5) is 4.64.